The third-order valence-electron chi connectivity index (χ3n) is 3.45. The molecule has 114 valence electrons. The van der Waals surface area contributed by atoms with Gasteiger partial charge in [-0.15, -0.1) is 0 Å². The summed E-state index contributed by atoms with van der Waals surface area (Å²) in [6.45, 7) is 14.2. The van der Waals surface area contributed by atoms with Crippen molar-refractivity contribution in [2.24, 2.45) is 17.6 Å². The third kappa shape index (κ3) is 9.00. The topological polar surface area (TPSA) is 58.4 Å². The van der Waals surface area contributed by atoms with E-state index in [2.05, 4.69) is 44.8 Å². The molecule has 4 heteroatoms. The average Bonchev–Trinajstić information content (AvgIpc) is 2.34. The molecule has 0 aliphatic rings. The Morgan fingerprint density at radius 2 is 1.79 bits per heavy atom. The normalized spacial score (nSPS) is 14.7. The summed E-state index contributed by atoms with van der Waals surface area (Å²) in [5.41, 5.74) is 5.74. The van der Waals surface area contributed by atoms with Gasteiger partial charge in [0, 0.05) is 19.0 Å². The number of nitrogens with one attached hydrogen (secondary N) is 1. The van der Waals surface area contributed by atoms with E-state index >= 15 is 0 Å². The van der Waals surface area contributed by atoms with Gasteiger partial charge in [0.25, 0.3) is 0 Å². The standard InChI is InChI=1S/C15H33N3O/c1-6-18(7-2)11-13(5)17-15(19)9-14(10-16)8-12(3)4/h12-14H,6-11,16H2,1-5H3,(H,17,19)/t13?,14-/m0/s1. The molecule has 0 aliphatic carbocycles. The van der Waals surface area contributed by atoms with Crippen molar-refractivity contribution in [2.75, 3.05) is 26.2 Å². The number of rotatable bonds is 10. The van der Waals surface area contributed by atoms with Gasteiger partial charge in [-0.25, -0.2) is 0 Å². The number of amides is 1. The minimum absolute atomic E-state index is 0.135. The van der Waals surface area contributed by atoms with Gasteiger partial charge in [-0.1, -0.05) is 27.7 Å². The largest absolute Gasteiger partial charge is 0.352 e. The van der Waals surface area contributed by atoms with E-state index in [1.54, 1.807) is 0 Å². The highest BCUT2D eigenvalue weighted by atomic mass is 16.1. The number of hydrogen-bond acceptors (Lipinski definition) is 3. The summed E-state index contributed by atoms with van der Waals surface area (Å²) in [4.78, 5) is 14.3. The van der Waals surface area contributed by atoms with Crippen molar-refractivity contribution in [2.45, 2.75) is 53.5 Å². The van der Waals surface area contributed by atoms with Gasteiger partial charge in [-0.2, -0.15) is 0 Å². The molecule has 1 amide bonds. The first-order valence-electron chi connectivity index (χ1n) is 7.64. The summed E-state index contributed by atoms with van der Waals surface area (Å²) in [6, 6.07) is 0.199. The molecular formula is C15H33N3O. The fourth-order valence-electron chi connectivity index (χ4n) is 2.44. The number of nitrogens with two attached hydrogens (primary N) is 1. The molecule has 0 aromatic carbocycles. The van der Waals surface area contributed by atoms with Crippen LogP contribution >= 0.6 is 0 Å². The van der Waals surface area contributed by atoms with E-state index in [0.29, 0.717) is 24.8 Å². The average molecular weight is 271 g/mol. The molecule has 4 nitrogen and oxygen atoms in total. The molecule has 0 saturated carbocycles. The van der Waals surface area contributed by atoms with E-state index in [1.807, 2.05) is 0 Å². The number of likely N-dealkylation sites (N-methyl/N-ethyl adjacent to an activating group) is 1. The summed E-state index contributed by atoms with van der Waals surface area (Å²) in [6.07, 6.45) is 1.58. The molecule has 0 rings (SSSR count). The predicted octanol–water partition coefficient (Wildman–Crippen LogP) is 1.84. The van der Waals surface area contributed by atoms with E-state index < -0.39 is 0 Å². The second kappa shape index (κ2) is 10.2. The molecule has 0 radical (unpaired) electrons. The van der Waals surface area contributed by atoms with Crippen LogP contribution in [0.25, 0.3) is 0 Å². The van der Waals surface area contributed by atoms with Crippen LogP contribution in [0, 0.1) is 11.8 Å². The highest BCUT2D eigenvalue weighted by Gasteiger charge is 2.16. The molecule has 0 spiro atoms. The van der Waals surface area contributed by atoms with Gasteiger partial charge in [0.2, 0.25) is 5.91 Å². The summed E-state index contributed by atoms with van der Waals surface area (Å²) in [5, 5.41) is 3.08. The lowest BCUT2D eigenvalue weighted by Gasteiger charge is -2.24. The van der Waals surface area contributed by atoms with E-state index in [-0.39, 0.29) is 11.9 Å². The van der Waals surface area contributed by atoms with E-state index in [0.717, 1.165) is 26.1 Å². The highest BCUT2D eigenvalue weighted by Crippen LogP contribution is 2.14. The third-order valence-corrected chi connectivity index (χ3v) is 3.45. The Kier molecular flexibility index (Phi) is 9.88. The van der Waals surface area contributed by atoms with Gasteiger partial charge in [0.05, 0.1) is 0 Å². The van der Waals surface area contributed by atoms with Gasteiger partial charge in [0.1, 0.15) is 0 Å². The Hall–Kier alpha value is -0.610. The smallest absolute Gasteiger partial charge is 0.220 e. The Balaban J connectivity index is 4.07. The van der Waals surface area contributed by atoms with Crippen LogP contribution in [0.15, 0.2) is 0 Å². The van der Waals surface area contributed by atoms with Crippen LogP contribution in [-0.2, 0) is 4.79 Å². The van der Waals surface area contributed by atoms with Crippen LogP contribution in [-0.4, -0.2) is 43.0 Å². The van der Waals surface area contributed by atoms with Crippen LogP contribution < -0.4 is 11.1 Å². The predicted molar refractivity (Wildman–Crippen MR) is 82.0 cm³/mol. The van der Waals surface area contributed by atoms with Gasteiger partial charge in [-0.05, 0) is 44.8 Å². The maximum Gasteiger partial charge on any atom is 0.220 e. The first-order valence-corrected chi connectivity index (χ1v) is 7.64. The Labute approximate surface area is 119 Å². The molecule has 19 heavy (non-hydrogen) atoms. The zero-order chi connectivity index (χ0) is 14.8. The quantitative estimate of drug-likeness (QED) is 0.637. The first kappa shape index (κ1) is 18.4. The molecule has 0 saturated heterocycles. The number of hydrogen-bond donors (Lipinski definition) is 2. The lowest BCUT2D eigenvalue weighted by atomic mass is 9.94. The van der Waals surface area contributed by atoms with Gasteiger partial charge >= 0.3 is 0 Å². The van der Waals surface area contributed by atoms with Crippen LogP contribution in [0.3, 0.4) is 0 Å². The van der Waals surface area contributed by atoms with Gasteiger partial charge in [-0.3, -0.25) is 4.79 Å². The summed E-state index contributed by atoms with van der Waals surface area (Å²) >= 11 is 0. The highest BCUT2D eigenvalue weighted by molar-refractivity contribution is 5.76. The van der Waals surface area contributed by atoms with Crippen molar-refractivity contribution in [3.05, 3.63) is 0 Å². The Bertz CT molecular complexity index is 240. The molecule has 0 aromatic heterocycles. The molecular weight excluding hydrogens is 238 g/mol. The monoisotopic (exact) mass is 271 g/mol. The Morgan fingerprint density at radius 3 is 2.21 bits per heavy atom. The summed E-state index contributed by atoms with van der Waals surface area (Å²) in [7, 11) is 0. The number of nitrogens with zero attached hydrogens (tertiary/aromatic N) is 1. The number of carbonyl (C=O) groups excluding carboxylic acids is 1. The van der Waals surface area contributed by atoms with Crippen molar-refractivity contribution in [1.82, 2.24) is 10.2 Å². The van der Waals surface area contributed by atoms with Crippen molar-refractivity contribution in [3.8, 4) is 0 Å². The first-order chi connectivity index (χ1) is 8.92. The van der Waals surface area contributed by atoms with Crippen molar-refractivity contribution in [3.63, 3.8) is 0 Å². The van der Waals surface area contributed by atoms with Gasteiger partial charge in [0.15, 0.2) is 0 Å². The minimum Gasteiger partial charge on any atom is -0.352 e. The maximum absolute atomic E-state index is 12.0. The molecule has 0 aliphatic heterocycles. The molecule has 0 heterocycles. The lowest BCUT2D eigenvalue weighted by Crippen LogP contribution is -2.42. The Morgan fingerprint density at radius 1 is 1.21 bits per heavy atom. The van der Waals surface area contributed by atoms with E-state index in [1.165, 1.54) is 0 Å². The van der Waals surface area contributed by atoms with Crippen LogP contribution in [0.1, 0.15) is 47.5 Å². The molecule has 0 bridgehead atoms. The molecule has 1 unspecified atom stereocenters. The van der Waals surface area contributed by atoms with Crippen LogP contribution in [0.4, 0.5) is 0 Å². The molecule has 2 atom stereocenters. The van der Waals surface area contributed by atoms with Crippen molar-refractivity contribution >= 4 is 5.91 Å². The molecule has 3 N–H and O–H groups in total. The van der Waals surface area contributed by atoms with Gasteiger partial charge < -0.3 is 16.0 Å². The molecule has 0 aromatic rings. The SMILES string of the molecule is CCN(CC)CC(C)NC(=O)C[C@@H](CN)CC(C)C. The fourth-order valence-corrected chi connectivity index (χ4v) is 2.44. The van der Waals surface area contributed by atoms with Crippen molar-refractivity contribution in [1.29, 1.82) is 0 Å². The van der Waals surface area contributed by atoms with E-state index in [4.69, 9.17) is 5.73 Å². The second-order valence-corrected chi connectivity index (χ2v) is 5.89. The summed E-state index contributed by atoms with van der Waals surface area (Å²) < 4.78 is 0. The maximum atomic E-state index is 12.0. The fraction of sp³-hybridized carbons (Fsp3) is 0.933. The van der Waals surface area contributed by atoms with Crippen molar-refractivity contribution < 1.29 is 4.79 Å². The zero-order valence-corrected chi connectivity index (χ0v) is 13.4. The van der Waals surface area contributed by atoms with E-state index in [9.17, 15) is 4.79 Å². The molecule has 0 fully saturated rings. The zero-order valence-electron chi connectivity index (χ0n) is 13.4. The summed E-state index contributed by atoms with van der Waals surface area (Å²) in [5.74, 6) is 1.03. The number of carbonyl (C=O) groups is 1. The van der Waals surface area contributed by atoms with Crippen LogP contribution in [0.2, 0.25) is 0 Å². The lowest BCUT2D eigenvalue weighted by molar-refractivity contribution is -0.122. The minimum atomic E-state index is 0.135. The van der Waals surface area contributed by atoms with Crippen LogP contribution in [0.5, 0.6) is 0 Å². The second-order valence-electron chi connectivity index (χ2n) is 5.89.